The molecule has 1 heterocycles. The Morgan fingerprint density at radius 2 is 1.53 bits per heavy atom. The summed E-state index contributed by atoms with van der Waals surface area (Å²) in [7, 11) is -3.97. The molecule has 3 aromatic carbocycles. The summed E-state index contributed by atoms with van der Waals surface area (Å²) in [5, 5.41) is 0.550. The largest absolute Gasteiger partial charge is 0.273 e. The minimum absolute atomic E-state index is 0.103. The van der Waals surface area contributed by atoms with E-state index in [0.29, 0.717) is 5.02 Å². The van der Waals surface area contributed by atoms with Crippen LogP contribution in [0.3, 0.4) is 0 Å². The van der Waals surface area contributed by atoms with Gasteiger partial charge in [-0.05, 0) is 42.3 Å². The first kappa shape index (κ1) is 20.4. The fourth-order valence-corrected chi connectivity index (χ4v) is 5.29. The monoisotopic (exact) mass is 437 g/mol. The lowest BCUT2D eigenvalue weighted by atomic mass is 9.84. The molecule has 2 atom stereocenters. The van der Waals surface area contributed by atoms with E-state index in [4.69, 9.17) is 11.6 Å². The third kappa shape index (κ3) is 3.78. The zero-order chi connectivity index (χ0) is 21.3. The molecule has 0 N–H and O–H groups in total. The van der Waals surface area contributed by atoms with Crippen LogP contribution in [0.1, 0.15) is 22.7 Å². The fourth-order valence-electron chi connectivity index (χ4n) is 3.54. The van der Waals surface area contributed by atoms with Gasteiger partial charge in [0, 0.05) is 5.02 Å². The van der Waals surface area contributed by atoms with E-state index in [1.807, 2.05) is 43.3 Å². The molecule has 6 heteroatoms. The van der Waals surface area contributed by atoms with Gasteiger partial charge in [0.25, 0.3) is 10.0 Å². The molecule has 152 valence electrons. The van der Waals surface area contributed by atoms with Crippen molar-refractivity contribution in [2.24, 2.45) is 5.92 Å². The van der Waals surface area contributed by atoms with Crippen LogP contribution < -0.4 is 0 Å². The van der Waals surface area contributed by atoms with Gasteiger partial charge >= 0.3 is 0 Å². The second kappa shape index (κ2) is 8.09. The summed E-state index contributed by atoms with van der Waals surface area (Å²) in [6, 6.07) is 22.4. The van der Waals surface area contributed by atoms with Crippen molar-refractivity contribution in [1.29, 1.82) is 0 Å². The number of aryl methyl sites for hydroxylation is 1. The first-order valence-electron chi connectivity index (χ1n) is 9.51. The maximum atomic E-state index is 13.3. The first-order chi connectivity index (χ1) is 14.4. The maximum absolute atomic E-state index is 13.3. The van der Waals surface area contributed by atoms with Crippen molar-refractivity contribution < 1.29 is 13.2 Å². The van der Waals surface area contributed by atoms with E-state index in [-0.39, 0.29) is 4.90 Å². The van der Waals surface area contributed by atoms with E-state index in [2.05, 4.69) is 0 Å². The highest BCUT2D eigenvalue weighted by molar-refractivity contribution is 7.89. The number of hydrogen-bond acceptors (Lipinski definition) is 3. The number of amides is 1. The molecule has 1 aliphatic heterocycles. The second-order valence-electron chi connectivity index (χ2n) is 7.24. The van der Waals surface area contributed by atoms with Crippen LogP contribution in [-0.2, 0) is 14.8 Å². The van der Waals surface area contributed by atoms with E-state index in [1.54, 1.807) is 42.5 Å². The van der Waals surface area contributed by atoms with Gasteiger partial charge < -0.3 is 0 Å². The first-order valence-corrected chi connectivity index (χ1v) is 11.3. The van der Waals surface area contributed by atoms with Crippen molar-refractivity contribution in [3.05, 3.63) is 107 Å². The number of sulfonamides is 1. The predicted octanol–water partition coefficient (Wildman–Crippen LogP) is 5.25. The molecular weight excluding hydrogens is 418 g/mol. The van der Waals surface area contributed by atoms with Crippen LogP contribution in [0.5, 0.6) is 0 Å². The Bertz CT molecular complexity index is 1190. The number of carbonyl (C=O) groups excluding carboxylic acids is 1. The lowest BCUT2D eigenvalue weighted by Crippen LogP contribution is -2.56. The maximum Gasteiger partial charge on any atom is 0.267 e. The van der Waals surface area contributed by atoms with Crippen molar-refractivity contribution in [2.45, 2.75) is 17.9 Å². The summed E-state index contributed by atoms with van der Waals surface area (Å²) < 4.78 is 27.5. The molecule has 0 spiro atoms. The van der Waals surface area contributed by atoms with Gasteiger partial charge in [0.1, 0.15) is 0 Å². The van der Waals surface area contributed by atoms with Gasteiger partial charge in [-0.25, -0.2) is 12.7 Å². The van der Waals surface area contributed by atoms with Crippen LogP contribution in [0.2, 0.25) is 5.02 Å². The number of nitrogens with zero attached hydrogens (tertiary/aromatic N) is 1. The molecule has 4 nitrogen and oxygen atoms in total. The molecule has 1 saturated heterocycles. The van der Waals surface area contributed by atoms with Gasteiger partial charge in [0.2, 0.25) is 5.91 Å². The van der Waals surface area contributed by atoms with Gasteiger partial charge in [0.15, 0.2) is 0 Å². The summed E-state index contributed by atoms with van der Waals surface area (Å²) >= 11 is 6.01. The Hall–Kier alpha value is -2.89. The molecule has 0 bridgehead atoms. The number of hydrogen-bond donors (Lipinski definition) is 0. The Morgan fingerprint density at radius 1 is 0.900 bits per heavy atom. The standard InChI is InChI=1S/C24H20ClNO3S/c1-17-7-14-21(15-8-17)30(28,29)26-23(19-10-12-20(25)13-11-19)22(24(26)27)16-9-18-5-3-2-4-6-18/h2-16,22-23H,1H3/b16-9-/t22-,23-/m1/s1. The summed E-state index contributed by atoms with van der Waals surface area (Å²) in [4.78, 5) is 13.1. The number of rotatable bonds is 5. The summed E-state index contributed by atoms with van der Waals surface area (Å²) in [5.74, 6) is -1.02. The SMILES string of the molecule is Cc1ccc(S(=O)(=O)N2C(=O)[C@H](/C=C\c3ccccc3)[C@H]2c2ccc(Cl)cc2)cc1. The third-order valence-corrected chi connectivity index (χ3v) is 7.22. The minimum atomic E-state index is -3.97. The van der Waals surface area contributed by atoms with Crippen LogP contribution in [0.4, 0.5) is 0 Å². The van der Waals surface area contributed by atoms with E-state index in [1.165, 1.54) is 12.1 Å². The average Bonchev–Trinajstić information content (AvgIpc) is 2.74. The average molecular weight is 438 g/mol. The van der Waals surface area contributed by atoms with Crippen molar-refractivity contribution in [3.63, 3.8) is 0 Å². The molecular formula is C24H20ClNO3S. The molecule has 0 saturated carbocycles. The van der Waals surface area contributed by atoms with Crippen LogP contribution >= 0.6 is 11.6 Å². The van der Waals surface area contributed by atoms with E-state index in [0.717, 1.165) is 21.0 Å². The molecule has 0 aromatic heterocycles. The van der Waals surface area contributed by atoms with E-state index >= 15 is 0 Å². The highest BCUT2D eigenvalue weighted by Crippen LogP contribution is 2.45. The number of benzene rings is 3. The topological polar surface area (TPSA) is 54.5 Å². The van der Waals surface area contributed by atoms with Crippen LogP contribution in [0, 0.1) is 12.8 Å². The molecule has 3 aromatic rings. The summed E-state index contributed by atoms with van der Waals surface area (Å²) in [6.45, 7) is 1.88. The molecule has 0 aliphatic carbocycles. The number of β-lactam (4-membered cyclic amide) rings is 1. The number of halogens is 1. The van der Waals surface area contributed by atoms with Gasteiger partial charge in [-0.2, -0.15) is 0 Å². The van der Waals surface area contributed by atoms with Gasteiger partial charge in [0.05, 0.1) is 16.9 Å². The van der Waals surface area contributed by atoms with E-state index < -0.39 is 27.9 Å². The zero-order valence-corrected chi connectivity index (χ0v) is 17.8. The Morgan fingerprint density at radius 3 is 2.17 bits per heavy atom. The van der Waals surface area contributed by atoms with Crippen molar-refractivity contribution >= 4 is 33.6 Å². The highest BCUT2D eigenvalue weighted by atomic mass is 35.5. The van der Waals surface area contributed by atoms with Crippen molar-refractivity contribution in [3.8, 4) is 0 Å². The van der Waals surface area contributed by atoms with Crippen molar-refractivity contribution in [1.82, 2.24) is 4.31 Å². The Kier molecular flexibility index (Phi) is 5.50. The van der Waals surface area contributed by atoms with Gasteiger partial charge in [-0.3, -0.25) is 4.79 Å². The molecule has 4 rings (SSSR count). The molecule has 1 aliphatic rings. The van der Waals surface area contributed by atoms with Crippen LogP contribution in [0.25, 0.3) is 6.08 Å². The summed E-state index contributed by atoms with van der Waals surface area (Å²) in [6.07, 6.45) is 3.62. The molecule has 0 radical (unpaired) electrons. The van der Waals surface area contributed by atoms with Crippen LogP contribution in [-0.4, -0.2) is 18.6 Å². The smallest absolute Gasteiger partial charge is 0.267 e. The molecule has 0 unspecified atom stereocenters. The van der Waals surface area contributed by atoms with Gasteiger partial charge in [-0.1, -0.05) is 83.9 Å². The predicted molar refractivity (Wildman–Crippen MR) is 118 cm³/mol. The number of carbonyl (C=O) groups is 1. The molecule has 1 fully saturated rings. The zero-order valence-electron chi connectivity index (χ0n) is 16.3. The fraction of sp³-hybridized carbons (Fsp3) is 0.125. The Balaban J connectivity index is 1.72. The normalized spacial score (nSPS) is 19.1. The third-order valence-electron chi connectivity index (χ3n) is 5.18. The minimum Gasteiger partial charge on any atom is -0.273 e. The molecule has 1 amide bonds. The second-order valence-corrected chi connectivity index (χ2v) is 9.50. The van der Waals surface area contributed by atoms with Crippen LogP contribution in [0.15, 0.2) is 89.8 Å². The van der Waals surface area contributed by atoms with Gasteiger partial charge in [-0.15, -0.1) is 0 Å². The highest BCUT2D eigenvalue weighted by Gasteiger charge is 2.53. The van der Waals surface area contributed by atoms with Crippen molar-refractivity contribution in [2.75, 3.05) is 0 Å². The lowest BCUT2D eigenvalue weighted by molar-refractivity contribution is -0.143. The quantitative estimate of drug-likeness (QED) is 0.512. The lowest BCUT2D eigenvalue weighted by Gasteiger charge is -2.45. The van der Waals surface area contributed by atoms with E-state index in [9.17, 15) is 13.2 Å². The summed E-state index contributed by atoms with van der Waals surface area (Å²) in [5.41, 5.74) is 2.61. The Labute approximate surface area is 181 Å². The molecule has 30 heavy (non-hydrogen) atoms.